The number of aromatic nitrogens is 2. The van der Waals surface area contributed by atoms with Crippen molar-refractivity contribution in [2.45, 2.75) is 27.3 Å². The van der Waals surface area contributed by atoms with Crippen molar-refractivity contribution in [1.82, 2.24) is 15.1 Å². The molecule has 7 heteroatoms. The zero-order chi connectivity index (χ0) is 21.7. The molecule has 0 unspecified atom stereocenters. The highest BCUT2D eigenvalue weighted by atomic mass is 16.5. The number of aryl methyl sites for hydroxylation is 3. The van der Waals surface area contributed by atoms with Crippen LogP contribution in [0.4, 0.5) is 5.69 Å². The summed E-state index contributed by atoms with van der Waals surface area (Å²) in [6, 6.07) is 12.8. The van der Waals surface area contributed by atoms with Gasteiger partial charge in [0.25, 0.3) is 11.8 Å². The van der Waals surface area contributed by atoms with Gasteiger partial charge in [0, 0.05) is 24.5 Å². The first kappa shape index (κ1) is 21.1. The lowest BCUT2D eigenvalue weighted by Gasteiger charge is -2.17. The second-order valence-electron chi connectivity index (χ2n) is 7.36. The minimum Gasteiger partial charge on any atom is -0.484 e. The van der Waals surface area contributed by atoms with Crippen molar-refractivity contribution < 1.29 is 14.3 Å². The van der Waals surface area contributed by atoms with E-state index in [9.17, 15) is 9.59 Å². The van der Waals surface area contributed by atoms with Gasteiger partial charge in [0.15, 0.2) is 6.61 Å². The number of nitrogens with zero attached hydrogens (tertiary/aromatic N) is 2. The van der Waals surface area contributed by atoms with Gasteiger partial charge in [-0.1, -0.05) is 12.1 Å². The number of ether oxygens (including phenoxy) is 1. The Morgan fingerprint density at radius 1 is 1.03 bits per heavy atom. The fourth-order valence-electron chi connectivity index (χ4n) is 2.95. The predicted molar refractivity (Wildman–Crippen MR) is 116 cm³/mol. The third-order valence-electron chi connectivity index (χ3n) is 4.92. The number of benzene rings is 2. The maximum Gasteiger partial charge on any atom is 0.262 e. The average molecular weight is 406 g/mol. The van der Waals surface area contributed by atoms with Crippen molar-refractivity contribution >= 4 is 17.5 Å². The molecule has 0 spiro atoms. The first-order valence-electron chi connectivity index (χ1n) is 9.68. The van der Waals surface area contributed by atoms with Gasteiger partial charge >= 0.3 is 0 Å². The summed E-state index contributed by atoms with van der Waals surface area (Å²) in [4.78, 5) is 26.7. The fourth-order valence-corrected chi connectivity index (χ4v) is 2.95. The van der Waals surface area contributed by atoms with Crippen molar-refractivity contribution in [2.75, 3.05) is 19.0 Å². The summed E-state index contributed by atoms with van der Waals surface area (Å²) < 4.78 is 5.59. The third-order valence-corrected chi connectivity index (χ3v) is 4.92. The molecule has 0 aliphatic heterocycles. The quantitative estimate of drug-likeness (QED) is 0.627. The molecule has 0 atom stereocenters. The van der Waals surface area contributed by atoms with E-state index < -0.39 is 0 Å². The smallest absolute Gasteiger partial charge is 0.262 e. The van der Waals surface area contributed by atoms with E-state index in [1.54, 1.807) is 30.3 Å². The van der Waals surface area contributed by atoms with Gasteiger partial charge in [-0.2, -0.15) is 5.10 Å². The largest absolute Gasteiger partial charge is 0.484 e. The normalized spacial score (nSPS) is 10.5. The zero-order valence-electron chi connectivity index (χ0n) is 17.7. The maximum absolute atomic E-state index is 12.7. The number of aromatic amines is 1. The van der Waals surface area contributed by atoms with Crippen molar-refractivity contribution in [3.63, 3.8) is 0 Å². The summed E-state index contributed by atoms with van der Waals surface area (Å²) in [7, 11) is 1.72. The standard InChI is InChI=1S/C23H26N4O3/c1-15-6-8-20(11-17(15)3)30-14-22(28)25-21-12-18(7-5-16(21)2)23(29)27(4)13-19-9-10-24-26-19/h5-12H,13-14H2,1-4H3,(H,24,26)(H,25,28). The van der Waals surface area contributed by atoms with Crippen LogP contribution in [0.1, 0.15) is 32.7 Å². The lowest BCUT2D eigenvalue weighted by molar-refractivity contribution is -0.118. The lowest BCUT2D eigenvalue weighted by Crippen LogP contribution is -2.27. The molecule has 0 fully saturated rings. The van der Waals surface area contributed by atoms with E-state index in [0.717, 1.165) is 16.8 Å². The molecule has 1 heterocycles. The molecular formula is C23H26N4O3. The molecule has 0 bridgehead atoms. The number of anilines is 1. The number of H-pyrrole nitrogens is 1. The third kappa shape index (κ3) is 5.26. The number of carbonyl (C=O) groups excluding carboxylic acids is 2. The second-order valence-corrected chi connectivity index (χ2v) is 7.36. The van der Waals surface area contributed by atoms with Crippen LogP contribution in [0.2, 0.25) is 0 Å². The maximum atomic E-state index is 12.7. The number of carbonyl (C=O) groups is 2. The van der Waals surface area contributed by atoms with E-state index in [1.165, 1.54) is 5.56 Å². The molecule has 3 aromatic rings. The van der Waals surface area contributed by atoms with Gasteiger partial charge in [-0.25, -0.2) is 0 Å². The Labute approximate surface area is 176 Å². The summed E-state index contributed by atoms with van der Waals surface area (Å²) in [6.07, 6.45) is 1.65. The summed E-state index contributed by atoms with van der Waals surface area (Å²) in [5.41, 5.74) is 5.06. The summed E-state index contributed by atoms with van der Waals surface area (Å²) >= 11 is 0. The van der Waals surface area contributed by atoms with Crippen LogP contribution in [0.3, 0.4) is 0 Å². The molecule has 0 aliphatic carbocycles. The molecule has 2 N–H and O–H groups in total. The number of hydrogen-bond donors (Lipinski definition) is 2. The Balaban J connectivity index is 1.63. The topological polar surface area (TPSA) is 87.3 Å². The van der Waals surface area contributed by atoms with E-state index >= 15 is 0 Å². The first-order valence-corrected chi connectivity index (χ1v) is 9.68. The molecule has 2 aromatic carbocycles. The van der Waals surface area contributed by atoms with Crippen molar-refractivity contribution in [2.24, 2.45) is 0 Å². The first-order chi connectivity index (χ1) is 14.3. The van der Waals surface area contributed by atoms with Gasteiger partial charge in [-0.3, -0.25) is 14.7 Å². The molecule has 3 rings (SSSR count). The fraction of sp³-hybridized carbons (Fsp3) is 0.261. The van der Waals surface area contributed by atoms with E-state index in [1.807, 2.05) is 51.1 Å². The van der Waals surface area contributed by atoms with Gasteiger partial charge in [0.2, 0.25) is 0 Å². The van der Waals surface area contributed by atoms with Crippen LogP contribution in [-0.2, 0) is 11.3 Å². The highest BCUT2D eigenvalue weighted by Crippen LogP contribution is 2.19. The molecule has 1 aromatic heterocycles. The molecular weight excluding hydrogens is 380 g/mol. The molecule has 0 saturated carbocycles. The van der Waals surface area contributed by atoms with Crippen LogP contribution in [0, 0.1) is 20.8 Å². The van der Waals surface area contributed by atoms with E-state index in [2.05, 4.69) is 15.5 Å². The summed E-state index contributed by atoms with van der Waals surface area (Å²) in [5, 5.41) is 9.57. The Bertz CT molecular complexity index is 1040. The Kier molecular flexibility index (Phi) is 6.51. The molecule has 0 aliphatic rings. The van der Waals surface area contributed by atoms with Crippen LogP contribution in [0.15, 0.2) is 48.7 Å². The molecule has 2 amide bonds. The van der Waals surface area contributed by atoms with Crippen LogP contribution < -0.4 is 10.1 Å². The number of nitrogens with one attached hydrogen (secondary N) is 2. The predicted octanol–water partition coefficient (Wildman–Crippen LogP) is 3.62. The number of hydrogen-bond acceptors (Lipinski definition) is 4. The van der Waals surface area contributed by atoms with Crippen LogP contribution in [-0.4, -0.2) is 40.6 Å². The second kappa shape index (κ2) is 9.26. The zero-order valence-corrected chi connectivity index (χ0v) is 17.7. The number of amides is 2. The Morgan fingerprint density at radius 2 is 1.80 bits per heavy atom. The minimum absolute atomic E-state index is 0.111. The molecule has 7 nitrogen and oxygen atoms in total. The molecule has 30 heavy (non-hydrogen) atoms. The van der Waals surface area contributed by atoms with E-state index in [4.69, 9.17) is 4.74 Å². The van der Waals surface area contributed by atoms with Gasteiger partial charge in [0.1, 0.15) is 5.75 Å². The van der Waals surface area contributed by atoms with Gasteiger partial charge in [0.05, 0.1) is 12.2 Å². The highest BCUT2D eigenvalue weighted by Gasteiger charge is 2.15. The van der Waals surface area contributed by atoms with Crippen LogP contribution in [0.25, 0.3) is 0 Å². The van der Waals surface area contributed by atoms with Gasteiger partial charge < -0.3 is 15.0 Å². The van der Waals surface area contributed by atoms with Crippen molar-refractivity contribution in [3.8, 4) is 5.75 Å². The highest BCUT2D eigenvalue weighted by molar-refractivity contribution is 5.98. The van der Waals surface area contributed by atoms with Gasteiger partial charge in [-0.05, 0) is 67.8 Å². The van der Waals surface area contributed by atoms with Crippen molar-refractivity contribution in [1.29, 1.82) is 0 Å². The molecule has 0 saturated heterocycles. The summed E-state index contributed by atoms with van der Waals surface area (Å²) in [6.45, 7) is 6.20. The van der Waals surface area contributed by atoms with Crippen LogP contribution in [0.5, 0.6) is 5.75 Å². The average Bonchev–Trinajstić information content (AvgIpc) is 3.23. The molecule has 156 valence electrons. The minimum atomic E-state index is -0.285. The van der Waals surface area contributed by atoms with E-state index in [-0.39, 0.29) is 18.4 Å². The SMILES string of the molecule is Cc1ccc(OCC(=O)Nc2cc(C(=O)N(C)Cc3ccn[nH]3)ccc2C)cc1C. The lowest BCUT2D eigenvalue weighted by atomic mass is 10.1. The van der Waals surface area contributed by atoms with Crippen molar-refractivity contribution in [3.05, 3.63) is 76.6 Å². The number of rotatable bonds is 7. The van der Waals surface area contributed by atoms with Crippen LogP contribution >= 0.6 is 0 Å². The van der Waals surface area contributed by atoms with E-state index in [0.29, 0.717) is 23.5 Å². The Morgan fingerprint density at radius 3 is 2.50 bits per heavy atom. The monoisotopic (exact) mass is 406 g/mol. The van der Waals surface area contributed by atoms with Gasteiger partial charge in [-0.15, -0.1) is 0 Å². The Hall–Kier alpha value is -3.61. The summed E-state index contributed by atoms with van der Waals surface area (Å²) in [5.74, 6) is 0.215. The molecule has 0 radical (unpaired) electrons.